The molecule has 1 aliphatic heterocycles. The molecule has 1 unspecified atom stereocenters. The van der Waals surface area contributed by atoms with E-state index >= 15 is 0 Å². The molecule has 1 atom stereocenters. The average Bonchev–Trinajstić information content (AvgIpc) is 3.23. The largest absolute Gasteiger partial charge is 0.342 e. The molecule has 6 nitrogen and oxygen atoms in total. The Morgan fingerprint density at radius 3 is 2.96 bits per heavy atom. The van der Waals surface area contributed by atoms with Crippen LogP contribution in [-0.4, -0.2) is 47.6 Å². The van der Waals surface area contributed by atoms with E-state index in [9.17, 15) is 4.79 Å². The number of rotatable bonds is 6. The number of hydrogen-bond acceptors (Lipinski definition) is 5. The van der Waals surface area contributed by atoms with Gasteiger partial charge >= 0.3 is 0 Å². The van der Waals surface area contributed by atoms with Crippen molar-refractivity contribution in [2.45, 2.75) is 19.3 Å². The van der Waals surface area contributed by atoms with Crippen LogP contribution in [0, 0.1) is 5.92 Å². The topological polar surface area (TPSA) is 71.3 Å². The Labute approximate surface area is 146 Å². The third kappa shape index (κ3) is 4.13. The number of nitrogens with one attached hydrogen (secondary N) is 1. The fraction of sp³-hybridized carbons (Fsp3) is 0.471. The van der Waals surface area contributed by atoms with Crippen molar-refractivity contribution < 1.29 is 9.32 Å². The number of likely N-dealkylation sites (tertiary alicyclic amines) is 1. The number of hydrogen-bond donors (Lipinski definition) is 1. The predicted octanol–water partition coefficient (Wildman–Crippen LogP) is 2.39. The number of amides is 1. The Kier molecular flexibility index (Phi) is 5.48. The molecule has 0 radical (unpaired) electrons. The van der Waals surface area contributed by atoms with Gasteiger partial charge in [-0.2, -0.15) is 4.98 Å². The normalized spacial score (nSPS) is 17.4. The van der Waals surface area contributed by atoms with Crippen LogP contribution in [0.15, 0.2) is 28.8 Å². The lowest BCUT2D eigenvalue weighted by atomic mass is 10.1. The first kappa shape index (κ1) is 16.9. The summed E-state index contributed by atoms with van der Waals surface area (Å²) in [6, 6.07) is 7.25. The summed E-state index contributed by atoms with van der Waals surface area (Å²) >= 11 is 5.87. The van der Waals surface area contributed by atoms with Crippen molar-refractivity contribution >= 4 is 17.5 Å². The zero-order chi connectivity index (χ0) is 16.9. The van der Waals surface area contributed by atoms with Crippen molar-refractivity contribution in [1.29, 1.82) is 0 Å². The molecule has 1 fully saturated rings. The second-order valence-corrected chi connectivity index (χ2v) is 6.51. The van der Waals surface area contributed by atoms with Crippen LogP contribution in [0.4, 0.5) is 0 Å². The van der Waals surface area contributed by atoms with Crippen molar-refractivity contribution in [3.8, 4) is 11.4 Å². The van der Waals surface area contributed by atoms with E-state index in [-0.39, 0.29) is 5.91 Å². The van der Waals surface area contributed by atoms with Crippen molar-refractivity contribution in [1.82, 2.24) is 20.4 Å². The number of nitrogens with zero attached hydrogens (tertiary/aromatic N) is 3. The summed E-state index contributed by atoms with van der Waals surface area (Å²) in [5.74, 6) is 1.71. The van der Waals surface area contributed by atoms with Crippen LogP contribution in [-0.2, 0) is 11.2 Å². The second-order valence-electron chi connectivity index (χ2n) is 6.07. The summed E-state index contributed by atoms with van der Waals surface area (Å²) in [4.78, 5) is 18.6. The SMILES string of the molecule is CNCC1CCN(C(=O)CCc2nc(-c3ccc(Cl)cc3)no2)C1. The van der Waals surface area contributed by atoms with Gasteiger partial charge in [0, 0.05) is 36.5 Å². The highest BCUT2D eigenvalue weighted by molar-refractivity contribution is 6.30. The molecule has 0 aliphatic carbocycles. The first-order valence-electron chi connectivity index (χ1n) is 8.16. The van der Waals surface area contributed by atoms with E-state index in [0.29, 0.717) is 35.5 Å². The highest BCUT2D eigenvalue weighted by atomic mass is 35.5. The van der Waals surface area contributed by atoms with Crippen LogP contribution in [0.2, 0.25) is 5.02 Å². The minimum atomic E-state index is 0.153. The molecule has 2 aromatic rings. The number of aromatic nitrogens is 2. The van der Waals surface area contributed by atoms with E-state index in [1.807, 2.05) is 24.1 Å². The van der Waals surface area contributed by atoms with E-state index < -0.39 is 0 Å². The molecule has 2 heterocycles. The molecule has 3 rings (SSSR count). The molecule has 1 aliphatic rings. The van der Waals surface area contributed by atoms with Gasteiger partial charge in [0.1, 0.15) is 0 Å². The number of benzene rings is 1. The Hall–Kier alpha value is -1.92. The fourth-order valence-corrected chi connectivity index (χ4v) is 3.09. The van der Waals surface area contributed by atoms with Gasteiger partial charge in [0.15, 0.2) is 0 Å². The molecular weight excluding hydrogens is 328 g/mol. The Bertz CT molecular complexity index is 686. The molecule has 0 spiro atoms. The minimum Gasteiger partial charge on any atom is -0.342 e. The molecule has 7 heteroatoms. The minimum absolute atomic E-state index is 0.153. The van der Waals surface area contributed by atoms with Crippen LogP contribution in [0.5, 0.6) is 0 Å². The lowest BCUT2D eigenvalue weighted by molar-refractivity contribution is -0.130. The number of carbonyl (C=O) groups excluding carboxylic acids is 1. The maximum atomic E-state index is 12.3. The highest BCUT2D eigenvalue weighted by Gasteiger charge is 2.25. The van der Waals surface area contributed by atoms with Crippen LogP contribution >= 0.6 is 11.6 Å². The van der Waals surface area contributed by atoms with Gasteiger partial charge in [0.25, 0.3) is 0 Å². The first-order chi connectivity index (χ1) is 11.7. The van der Waals surface area contributed by atoms with Gasteiger partial charge in [-0.15, -0.1) is 0 Å². The zero-order valence-electron chi connectivity index (χ0n) is 13.7. The lowest BCUT2D eigenvalue weighted by Crippen LogP contribution is -2.30. The summed E-state index contributed by atoms with van der Waals surface area (Å²) in [7, 11) is 1.94. The van der Waals surface area contributed by atoms with Crippen LogP contribution in [0.3, 0.4) is 0 Å². The fourth-order valence-electron chi connectivity index (χ4n) is 2.96. The third-order valence-corrected chi connectivity index (χ3v) is 4.51. The Morgan fingerprint density at radius 2 is 2.21 bits per heavy atom. The van der Waals surface area contributed by atoms with E-state index in [0.717, 1.165) is 31.6 Å². The van der Waals surface area contributed by atoms with Gasteiger partial charge < -0.3 is 14.7 Å². The monoisotopic (exact) mass is 348 g/mol. The molecule has 1 aromatic heterocycles. The van der Waals surface area contributed by atoms with Gasteiger partial charge in [-0.05, 0) is 50.2 Å². The Morgan fingerprint density at radius 1 is 1.42 bits per heavy atom. The van der Waals surface area contributed by atoms with E-state index in [1.54, 1.807) is 12.1 Å². The van der Waals surface area contributed by atoms with Crippen molar-refractivity contribution in [2.24, 2.45) is 5.92 Å². The van der Waals surface area contributed by atoms with Gasteiger partial charge in [0.05, 0.1) is 0 Å². The molecule has 0 saturated carbocycles. The van der Waals surface area contributed by atoms with Crippen molar-refractivity contribution in [3.63, 3.8) is 0 Å². The van der Waals surface area contributed by atoms with Crippen LogP contribution in [0.1, 0.15) is 18.7 Å². The number of halogens is 1. The average molecular weight is 349 g/mol. The maximum Gasteiger partial charge on any atom is 0.227 e. The quantitative estimate of drug-likeness (QED) is 0.867. The molecule has 24 heavy (non-hydrogen) atoms. The molecule has 128 valence electrons. The van der Waals surface area contributed by atoms with Crippen molar-refractivity contribution in [3.05, 3.63) is 35.2 Å². The smallest absolute Gasteiger partial charge is 0.227 e. The maximum absolute atomic E-state index is 12.3. The van der Waals surface area contributed by atoms with E-state index in [4.69, 9.17) is 16.1 Å². The highest BCUT2D eigenvalue weighted by Crippen LogP contribution is 2.20. The predicted molar refractivity (Wildman–Crippen MR) is 91.7 cm³/mol. The molecule has 1 saturated heterocycles. The summed E-state index contributed by atoms with van der Waals surface area (Å²) in [6.45, 7) is 2.63. The van der Waals surface area contributed by atoms with Gasteiger partial charge in [-0.3, -0.25) is 4.79 Å². The summed E-state index contributed by atoms with van der Waals surface area (Å²) in [5, 5.41) is 7.80. The summed E-state index contributed by atoms with van der Waals surface area (Å²) in [6.07, 6.45) is 1.93. The molecule has 0 bridgehead atoms. The molecule has 1 amide bonds. The first-order valence-corrected chi connectivity index (χ1v) is 8.54. The van der Waals surface area contributed by atoms with E-state index in [2.05, 4.69) is 15.5 Å². The summed E-state index contributed by atoms with van der Waals surface area (Å²) in [5.41, 5.74) is 0.843. The molecule has 1 aromatic carbocycles. The Balaban J connectivity index is 1.52. The zero-order valence-corrected chi connectivity index (χ0v) is 14.4. The lowest BCUT2D eigenvalue weighted by Gasteiger charge is -2.15. The van der Waals surface area contributed by atoms with Gasteiger partial charge in [0.2, 0.25) is 17.6 Å². The molecule has 1 N–H and O–H groups in total. The summed E-state index contributed by atoms with van der Waals surface area (Å²) < 4.78 is 5.25. The van der Waals surface area contributed by atoms with Crippen LogP contribution in [0.25, 0.3) is 11.4 Å². The third-order valence-electron chi connectivity index (χ3n) is 4.25. The second kappa shape index (κ2) is 7.77. The van der Waals surface area contributed by atoms with Crippen molar-refractivity contribution in [2.75, 3.05) is 26.7 Å². The number of carbonyl (C=O) groups is 1. The van der Waals surface area contributed by atoms with E-state index in [1.165, 1.54) is 0 Å². The standard InChI is InChI=1S/C17H21ClN4O2/c1-19-10-12-8-9-22(11-12)16(23)7-6-15-20-17(21-24-15)13-2-4-14(18)5-3-13/h2-5,12,19H,6-11H2,1H3. The van der Waals surface area contributed by atoms with Crippen LogP contribution < -0.4 is 5.32 Å². The van der Waals surface area contributed by atoms with Gasteiger partial charge in [-0.1, -0.05) is 16.8 Å². The number of aryl methyl sites for hydroxylation is 1. The van der Waals surface area contributed by atoms with Gasteiger partial charge in [-0.25, -0.2) is 0 Å². The molecular formula is C17H21ClN4O2.